The summed E-state index contributed by atoms with van der Waals surface area (Å²) < 4.78 is 5.70. The lowest BCUT2D eigenvalue weighted by Gasteiger charge is -2.28. The first-order chi connectivity index (χ1) is 7.77. The van der Waals surface area contributed by atoms with Crippen molar-refractivity contribution in [3.63, 3.8) is 0 Å². The van der Waals surface area contributed by atoms with E-state index in [2.05, 4.69) is 9.88 Å². The van der Waals surface area contributed by atoms with Gasteiger partial charge in [-0.05, 0) is 31.4 Å². The lowest BCUT2D eigenvalue weighted by Crippen LogP contribution is -2.33. The molecule has 1 aromatic rings. The van der Waals surface area contributed by atoms with Crippen molar-refractivity contribution in [3.8, 4) is 0 Å². The molecule has 0 amide bonds. The van der Waals surface area contributed by atoms with E-state index in [1.807, 2.05) is 19.2 Å². The van der Waals surface area contributed by atoms with Gasteiger partial charge in [-0.25, -0.2) is 4.98 Å². The second kappa shape index (κ2) is 5.51. The van der Waals surface area contributed by atoms with Gasteiger partial charge in [0.15, 0.2) is 0 Å². The van der Waals surface area contributed by atoms with E-state index in [1.165, 1.54) is 12.8 Å². The van der Waals surface area contributed by atoms with Gasteiger partial charge in [0, 0.05) is 26.4 Å². The Bertz CT molecular complexity index is 340. The van der Waals surface area contributed by atoms with Crippen molar-refractivity contribution in [2.45, 2.75) is 25.4 Å². The predicted molar refractivity (Wildman–Crippen MR) is 66.1 cm³/mol. The molecule has 0 N–H and O–H groups in total. The molecule has 2 heterocycles. The Balaban J connectivity index is 1.96. The van der Waals surface area contributed by atoms with Crippen LogP contribution in [0.5, 0.6) is 0 Å². The van der Waals surface area contributed by atoms with Gasteiger partial charge in [0.1, 0.15) is 5.82 Å². The maximum atomic E-state index is 6.09. The first-order valence-electron chi connectivity index (χ1n) is 5.70. The summed E-state index contributed by atoms with van der Waals surface area (Å²) in [4.78, 5) is 6.35. The number of anilines is 1. The number of aromatic nitrogens is 1. The van der Waals surface area contributed by atoms with E-state index >= 15 is 0 Å². The predicted octanol–water partition coefficient (Wildman–Crippen LogP) is 2.74. The third-order valence-corrected chi connectivity index (χ3v) is 3.15. The molecule has 0 spiro atoms. The average Bonchev–Trinajstić information content (AvgIpc) is 2.31. The monoisotopic (exact) mass is 240 g/mol. The lowest BCUT2D eigenvalue weighted by molar-refractivity contribution is 0.0215. The molecule has 0 saturated carbocycles. The highest BCUT2D eigenvalue weighted by molar-refractivity contribution is 6.32. The van der Waals surface area contributed by atoms with Crippen molar-refractivity contribution < 1.29 is 4.74 Å². The molecule has 1 aliphatic rings. The Morgan fingerprint density at radius 2 is 2.44 bits per heavy atom. The van der Waals surface area contributed by atoms with E-state index in [9.17, 15) is 0 Å². The molecule has 1 unspecified atom stereocenters. The summed E-state index contributed by atoms with van der Waals surface area (Å²) in [7, 11) is 2.01. The van der Waals surface area contributed by atoms with Gasteiger partial charge in [-0.2, -0.15) is 0 Å². The fraction of sp³-hybridized carbons (Fsp3) is 0.583. The van der Waals surface area contributed by atoms with E-state index in [0.29, 0.717) is 11.1 Å². The molecule has 88 valence electrons. The molecule has 0 radical (unpaired) electrons. The van der Waals surface area contributed by atoms with Gasteiger partial charge in [-0.3, -0.25) is 0 Å². The molecular formula is C12H17ClN2O. The molecule has 1 atom stereocenters. The third-order valence-electron chi connectivity index (χ3n) is 2.85. The zero-order chi connectivity index (χ0) is 11.4. The molecule has 0 bridgehead atoms. The van der Waals surface area contributed by atoms with Crippen LogP contribution in [0.3, 0.4) is 0 Å². The van der Waals surface area contributed by atoms with Crippen LogP contribution in [-0.2, 0) is 4.74 Å². The average molecular weight is 241 g/mol. The zero-order valence-electron chi connectivity index (χ0n) is 9.53. The Morgan fingerprint density at radius 3 is 3.12 bits per heavy atom. The zero-order valence-corrected chi connectivity index (χ0v) is 10.3. The first-order valence-corrected chi connectivity index (χ1v) is 6.08. The topological polar surface area (TPSA) is 25.4 Å². The molecule has 2 rings (SSSR count). The van der Waals surface area contributed by atoms with Crippen molar-refractivity contribution in [1.29, 1.82) is 0 Å². The molecule has 1 saturated heterocycles. The highest BCUT2D eigenvalue weighted by Crippen LogP contribution is 2.22. The van der Waals surface area contributed by atoms with Gasteiger partial charge in [-0.15, -0.1) is 0 Å². The normalized spacial score (nSPS) is 20.8. The summed E-state index contributed by atoms with van der Waals surface area (Å²) in [6.45, 7) is 1.74. The molecule has 1 aromatic heterocycles. The van der Waals surface area contributed by atoms with Crippen LogP contribution in [0.2, 0.25) is 5.02 Å². The van der Waals surface area contributed by atoms with Crippen LogP contribution in [0.1, 0.15) is 19.3 Å². The van der Waals surface area contributed by atoms with Gasteiger partial charge >= 0.3 is 0 Å². The van der Waals surface area contributed by atoms with Gasteiger partial charge < -0.3 is 9.64 Å². The third kappa shape index (κ3) is 2.86. The SMILES string of the molecule is CN(CC1CCCCO1)c1ncccc1Cl. The Labute approximate surface area is 101 Å². The highest BCUT2D eigenvalue weighted by Gasteiger charge is 2.17. The Morgan fingerprint density at radius 1 is 1.56 bits per heavy atom. The second-order valence-corrected chi connectivity index (χ2v) is 4.59. The minimum absolute atomic E-state index is 0.317. The maximum absolute atomic E-state index is 6.09. The van der Waals surface area contributed by atoms with Crippen LogP contribution in [0.25, 0.3) is 0 Å². The number of nitrogens with zero attached hydrogens (tertiary/aromatic N) is 2. The summed E-state index contributed by atoms with van der Waals surface area (Å²) in [5.74, 6) is 0.832. The summed E-state index contributed by atoms with van der Waals surface area (Å²) in [5, 5.41) is 0.695. The number of ether oxygens (including phenoxy) is 1. The number of hydrogen-bond donors (Lipinski definition) is 0. The molecule has 4 heteroatoms. The highest BCUT2D eigenvalue weighted by atomic mass is 35.5. The molecule has 3 nitrogen and oxygen atoms in total. The molecule has 0 aliphatic carbocycles. The molecule has 1 aliphatic heterocycles. The van der Waals surface area contributed by atoms with Gasteiger partial charge in [-0.1, -0.05) is 11.6 Å². The van der Waals surface area contributed by atoms with E-state index < -0.39 is 0 Å². The van der Waals surface area contributed by atoms with Crippen LogP contribution in [0.15, 0.2) is 18.3 Å². The largest absolute Gasteiger partial charge is 0.376 e. The van der Waals surface area contributed by atoms with E-state index in [4.69, 9.17) is 16.3 Å². The standard InChI is InChI=1S/C12H17ClN2O/c1-15(9-10-5-2-3-8-16-10)12-11(13)6-4-7-14-12/h4,6-7,10H,2-3,5,8-9H2,1H3. The molecule has 16 heavy (non-hydrogen) atoms. The van der Waals surface area contributed by atoms with Crippen LogP contribution >= 0.6 is 11.6 Å². The fourth-order valence-corrected chi connectivity index (χ4v) is 2.27. The van der Waals surface area contributed by atoms with Crippen molar-refractivity contribution in [2.75, 3.05) is 25.1 Å². The smallest absolute Gasteiger partial charge is 0.147 e. The minimum atomic E-state index is 0.317. The summed E-state index contributed by atoms with van der Waals surface area (Å²) in [5.41, 5.74) is 0. The summed E-state index contributed by atoms with van der Waals surface area (Å²) >= 11 is 6.09. The number of hydrogen-bond acceptors (Lipinski definition) is 3. The number of likely N-dealkylation sites (N-methyl/N-ethyl adjacent to an activating group) is 1. The Hall–Kier alpha value is -0.800. The van der Waals surface area contributed by atoms with Crippen molar-refractivity contribution in [2.24, 2.45) is 0 Å². The summed E-state index contributed by atoms with van der Waals surface area (Å²) in [6, 6.07) is 3.71. The maximum Gasteiger partial charge on any atom is 0.147 e. The number of rotatable bonds is 3. The van der Waals surface area contributed by atoms with Crippen molar-refractivity contribution in [1.82, 2.24) is 4.98 Å². The van der Waals surface area contributed by atoms with Gasteiger partial charge in [0.05, 0.1) is 11.1 Å². The minimum Gasteiger partial charge on any atom is -0.376 e. The van der Waals surface area contributed by atoms with E-state index in [-0.39, 0.29) is 0 Å². The quantitative estimate of drug-likeness (QED) is 0.813. The van der Waals surface area contributed by atoms with Crippen LogP contribution in [0, 0.1) is 0 Å². The van der Waals surface area contributed by atoms with E-state index in [0.717, 1.165) is 25.4 Å². The molecule has 0 aromatic carbocycles. The van der Waals surface area contributed by atoms with Gasteiger partial charge in [0.2, 0.25) is 0 Å². The van der Waals surface area contributed by atoms with Crippen LogP contribution in [0.4, 0.5) is 5.82 Å². The number of pyridine rings is 1. The molecule has 1 fully saturated rings. The lowest BCUT2D eigenvalue weighted by atomic mass is 10.1. The van der Waals surface area contributed by atoms with Crippen LogP contribution in [-0.4, -0.2) is 31.3 Å². The van der Waals surface area contributed by atoms with E-state index in [1.54, 1.807) is 6.20 Å². The van der Waals surface area contributed by atoms with Gasteiger partial charge in [0.25, 0.3) is 0 Å². The van der Waals surface area contributed by atoms with Crippen molar-refractivity contribution in [3.05, 3.63) is 23.4 Å². The van der Waals surface area contributed by atoms with Crippen LogP contribution < -0.4 is 4.90 Å². The summed E-state index contributed by atoms with van der Waals surface area (Å²) in [6.07, 6.45) is 5.66. The Kier molecular flexibility index (Phi) is 4.02. The fourth-order valence-electron chi connectivity index (χ4n) is 2.00. The second-order valence-electron chi connectivity index (χ2n) is 4.18. The molecular weight excluding hydrogens is 224 g/mol. The van der Waals surface area contributed by atoms with Crippen molar-refractivity contribution >= 4 is 17.4 Å². The first kappa shape index (κ1) is 11.7. The number of halogens is 1.